The van der Waals surface area contributed by atoms with Gasteiger partial charge in [-0.25, -0.2) is 0 Å². The van der Waals surface area contributed by atoms with Gasteiger partial charge in [-0.15, -0.1) is 0 Å². The first-order valence-corrected chi connectivity index (χ1v) is 8.41. The molecule has 0 aliphatic heterocycles. The molecule has 2 rings (SSSR count). The molecule has 2 heteroatoms. The normalized spacial score (nSPS) is 25.5. The molecular formula is C19H28O2. The van der Waals surface area contributed by atoms with Crippen LogP contribution < -0.4 is 0 Å². The highest BCUT2D eigenvalue weighted by Crippen LogP contribution is 2.36. The molecule has 3 atom stereocenters. The van der Waals surface area contributed by atoms with Crippen LogP contribution >= 0.6 is 0 Å². The average Bonchev–Trinajstić information content (AvgIpc) is 2.50. The van der Waals surface area contributed by atoms with Gasteiger partial charge in [-0.1, -0.05) is 50.1 Å². The van der Waals surface area contributed by atoms with Gasteiger partial charge in [0.05, 0.1) is 12.5 Å². The third-order valence-corrected chi connectivity index (χ3v) is 4.81. The Morgan fingerprint density at radius 2 is 2.00 bits per heavy atom. The number of ether oxygens (including phenoxy) is 1. The minimum atomic E-state index is 0.0257. The number of rotatable bonds is 6. The average molecular weight is 288 g/mol. The largest absolute Gasteiger partial charge is 0.466 e. The summed E-state index contributed by atoms with van der Waals surface area (Å²) < 4.78 is 5.23. The standard InChI is InChI=1S/C19H28O2/c1-3-21-19(20)18-14-17(13-12-15(18)2)11-7-10-16-8-5-4-6-9-16/h4-6,8-9,15,17-18H,3,7,10-14H2,1-2H3/t15-,17?,18-/m1/s1. The monoisotopic (exact) mass is 288 g/mol. The van der Waals surface area contributed by atoms with Gasteiger partial charge in [-0.3, -0.25) is 4.79 Å². The van der Waals surface area contributed by atoms with Crippen LogP contribution in [0.15, 0.2) is 30.3 Å². The predicted molar refractivity (Wildman–Crippen MR) is 86.0 cm³/mol. The van der Waals surface area contributed by atoms with E-state index in [9.17, 15) is 4.79 Å². The maximum Gasteiger partial charge on any atom is 0.309 e. The van der Waals surface area contributed by atoms with Crippen molar-refractivity contribution in [2.24, 2.45) is 17.8 Å². The lowest BCUT2D eigenvalue weighted by atomic mass is 9.73. The fraction of sp³-hybridized carbons (Fsp3) is 0.632. The van der Waals surface area contributed by atoms with E-state index in [2.05, 4.69) is 37.3 Å². The third kappa shape index (κ3) is 4.87. The molecule has 1 aromatic carbocycles. The maximum absolute atomic E-state index is 12.0. The van der Waals surface area contributed by atoms with Crippen LogP contribution in [0.25, 0.3) is 0 Å². The summed E-state index contributed by atoms with van der Waals surface area (Å²) in [5.41, 5.74) is 1.42. The summed E-state index contributed by atoms with van der Waals surface area (Å²) >= 11 is 0. The highest BCUT2D eigenvalue weighted by molar-refractivity contribution is 5.72. The lowest BCUT2D eigenvalue weighted by molar-refractivity contribution is -0.151. The molecule has 21 heavy (non-hydrogen) atoms. The zero-order valence-corrected chi connectivity index (χ0v) is 13.4. The van der Waals surface area contributed by atoms with Crippen LogP contribution in [0.2, 0.25) is 0 Å². The van der Waals surface area contributed by atoms with Gasteiger partial charge in [0.25, 0.3) is 0 Å². The number of benzene rings is 1. The molecule has 0 N–H and O–H groups in total. The first-order chi connectivity index (χ1) is 10.2. The van der Waals surface area contributed by atoms with Gasteiger partial charge in [0.1, 0.15) is 0 Å². The Bertz CT molecular complexity index is 426. The molecule has 116 valence electrons. The van der Waals surface area contributed by atoms with Crippen molar-refractivity contribution in [1.29, 1.82) is 0 Å². The number of hydrogen-bond acceptors (Lipinski definition) is 2. The fourth-order valence-electron chi connectivity index (χ4n) is 3.49. The Hall–Kier alpha value is -1.31. The first-order valence-electron chi connectivity index (χ1n) is 8.41. The van der Waals surface area contributed by atoms with Crippen molar-refractivity contribution in [3.8, 4) is 0 Å². The Morgan fingerprint density at radius 1 is 1.24 bits per heavy atom. The molecule has 0 heterocycles. The van der Waals surface area contributed by atoms with Crippen molar-refractivity contribution in [2.45, 2.75) is 52.4 Å². The molecule has 1 aliphatic rings. The number of aryl methyl sites for hydroxylation is 1. The molecule has 0 aromatic heterocycles. The summed E-state index contributed by atoms with van der Waals surface area (Å²) in [5, 5.41) is 0. The molecule has 1 unspecified atom stereocenters. The lowest BCUT2D eigenvalue weighted by Gasteiger charge is -2.32. The summed E-state index contributed by atoms with van der Waals surface area (Å²) in [6, 6.07) is 10.7. The van der Waals surface area contributed by atoms with Crippen LogP contribution in [0.4, 0.5) is 0 Å². The van der Waals surface area contributed by atoms with Crippen LogP contribution in [0.1, 0.15) is 51.5 Å². The van der Waals surface area contributed by atoms with Crippen molar-refractivity contribution < 1.29 is 9.53 Å². The summed E-state index contributed by atoms with van der Waals surface area (Å²) in [5.74, 6) is 1.33. The number of carbonyl (C=O) groups is 1. The second-order valence-electron chi connectivity index (χ2n) is 6.39. The second kappa shape index (κ2) is 8.21. The summed E-state index contributed by atoms with van der Waals surface area (Å²) in [7, 11) is 0. The van der Waals surface area contributed by atoms with Crippen molar-refractivity contribution in [3.05, 3.63) is 35.9 Å². The Balaban J connectivity index is 1.77. The van der Waals surface area contributed by atoms with Crippen LogP contribution in [-0.4, -0.2) is 12.6 Å². The molecule has 1 fully saturated rings. The van der Waals surface area contributed by atoms with E-state index in [1.54, 1.807) is 0 Å². The molecule has 0 saturated heterocycles. The lowest BCUT2D eigenvalue weighted by Crippen LogP contribution is -2.31. The van der Waals surface area contributed by atoms with E-state index >= 15 is 0 Å². The van der Waals surface area contributed by atoms with Crippen molar-refractivity contribution >= 4 is 5.97 Å². The van der Waals surface area contributed by atoms with Gasteiger partial charge in [-0.05, 0) is 50.0 Å². The molecule has 1 saturated carbocycles. The van der Waals surface area contributed by atoms with Gasteiger partial charge in [-0.2, -0.15) is 0 Å². The summed E-state index contributed by atoms with van der Waals surface area (Å²) in [6.07, 6.45) is 7.06. The van der Waals surface area contributed by atoms with Crippen molar-refractivity contribution in [1.82, 2.24) is 0 Å². The van der Waals surface area contributed by atoms with Gasteiger partial charge in [0, 0.05) is 0 Å². The van der Waals surface area contributed by atoms with Crippen molar-refractivity contribution in [2.75, 3.05) is 6.61 Å². The van der Waals surface area contributed by atoms with Crippen molar-refractivity contribution in [3.63, 3.8) is 0 Å². The molecule has 2 nitrogen and oxygen atoms in total. The van der Waals surface area contributed by atoms with E-state index in [0.717, 1.165) is 12.8 Å². The minimum absolute atomic E-state index is 0.0257. The molecule has 1 aliphatic carbocycles. The first kappa shape index (κ1) is 16.1. The van der Waals surface area contributed by atoms with E-state index in [1.165, 1.54) is 31.2 Å². The number of esters is 1. The zero-order valence-electron chi connectivity index (χ0n) is 13.4. The predicted octanol–water partition coefficient (Wildman–Crippen LogP) is 4.62. The van der Waals surface area contributed by atoms with Crippen LogP contribution in [0, 0.1) is 17.8 Å². The summed E-state index contributed by atoms with van der Waals surface area (Å²) in [4.78, 5) is 12.0. The molecular weight excluding hydrogens is 260 g/mol. The third-order valence-electron chi connectivity index (χ3n) is 4.81. The Labute approximate surface area is 128 Å². The zero-order chi connectivity index (χ0) is 15.1. The highest BCUT2D eigenvalue weighted by Gasteiger charge is 2.33. The van der Waals surface area contributed by atoms with E-state index < -0.39 is 0 Å². The Kier molecular flexibility index (Phi) is 6.28. The second-order valence-corrected chi connectivity index (χ2v) is 6.39. The number of carbonyl (C=O) groups excluding carboxylic acids is 1. The van der Waals surface area contributed by atoms with Gasteiger partial charge >= 0.3 is 5.97 Å². The highest BCUT2D eigenvalue weighted by atomic mass is 16.5. The molecule has 0 radical (unpaired) electrons. The van der Waals surface area contributed by atoms with E-state index in [-0.39, 0.29) is 11.9 Å². The minimum Gasteiger partial charge on any atom is -0.466 e. The van der Waals surface area contributed by atoms with Crippen LogP contribution in [-0.2, 0) is 16.0 Å². The Morgan fingerprint density at radius 3 is 2.71 bits per heavy atom. The smallest absolute Gasteiger partial charge is 0.309 e. The van der Waals surface area contributed by atoms with E-state index in [0.29, 0.717) is 18.4 Å². The van der Waals surface area contributed by atoms with Gasteiger partial charge < -0.3 is 4.74 Å². The molecule has 0 bridgehead atoms. The van der Waals surface area contributed by atoms with E-state index in [4.69, 9.17) is 4.74 Å². The van der Waals surface area contributed by atoms with Crippen LogP contribution in [0.5, 0.6) is 0 Å². The maximum atomic E-state index is 12.0. The molecule has 1 aromatic rings. The number of hydrogen-bond donors (Lipinski definition) is 0. The van der Waals surface area contributed by atoms with Crippen LogP contribution in [0.3, 0.4) is 0 Å². The fourth-order valence-corrected chi connectivity index (χ4v) is 3.49. The van der Waals surface area contributed by atoms with E-state index in [1.807, 2.05) is 6.92 Å². The SMILES string of the molecule is CCOC(=O)[C@@H]1CC(CCCc2ccccc2)CC[C@H]1C. The molecule has 0 spiro atoms. The van der Waals surface area contributed by atoms with Gasteiger partial charge in [0.15, 0.2) is 0 Å². The van der Waals surface area contributed by atoms with Gasteiger partial charge in [0.2, 0.25) is 0 Å². The molecule has 0 amide bonds. The topological polar surface area (TPSA) is 26.3 Å². The summed E-state index contributed by atoms with van der Waals surface area (Å²) in [6.45, 7) is 4.59. The quantitative estimate of drug-likeness (QED) is 0.714.